The van der Waals surface area contributed by atoms with Crippen LogP contribution in [0.4, 0.5) is 4.39 Å². The van der Waals surface area contributed by atoms with Gasteiger partial charge in [0, 0.05) is 19.1 Å². The van der Waals surface area contributed by atoms with Crippen LogP contribution in [0.1, 0.15) is 18.4 Å². The van der Waals surface area contributed by atoms with Crippen LogP contribution in [-0.4, -0.2) is 41.8 Å². The van der Waals surface area contributed by atoms with Gasteiger partial charge in [0.2, 0.25) is 10.0 Å². The summed E-state index contributed by atoms with van der Waals surface area (Å²) in [5.74, 6) is -0.517. The fraction of sp³-hybridized carbons (Fsp3) is 0.600. The van der Waals surface area contributed by atoms with Gasteiger partial charge in [0.1, 0.15) is 5.82 Å². The lowest BCUT2D eigenvalue weighted by Gasteiger charge is -2.37. The third-order valence-corrected chi connectivity index (χ3v) is 5.60. The van der Waals surface area contributed by atoms with Crippen LogP contribution in [0.25, 0.3) is 0 Å². The SMILES string of the molecule is COCC1(CNS(=O)(=O)c2ccc(C)c(F)c2)CCNCC1. The van der Waals surface area contributed by atoms with Crippen molar-refractivity contribution >= 4 is 10.0 Å². The second-order valence-corrected chi connectivity index (χ2v) is 7.69. The Kier molecular flexibility index (Phi) is 5.55. The first-order valence-corrected chi connectivity index (χ1v) is 8.82. The third-order valence-electron chi connectivity index (χ3n) is 4.21. The van der Waals surface area contributed by atoms with Crippen LogP contribution >= 0.6 is 0 Å². The first-order valence-electron chi connectivity index (χ1n) is 7.34. The molecule has 1 fully saturated rings. The minimum Gasteiger partial charge on any atom is -0.384 e. The number of hydrogen-bond acceptors (Lipinski definition) is 4. The van der Waals surface area contributed by atoms with E-state index in [1.54, 1.807) is 14.0 Å². The molecule has 2 rings (SSSR count). The highest BCUT2D eigenvalue weighted by Crippen LogP contribution is 2.29. The molecule has 0 bridgehead atoms. The molecule has 0 aliphatic carbocycles. The maximum atomic E-state index is 13.6. The lowest BCUT2D eigenvalue weighted by atomic mass is 9.80. The lowest BCUT2D eigenvalue weighted by molar-refractivity contribution is 0.0577. The van der Waals surface area contributed by atoms with Gasteiger partial charge in [0.25, 0.3) is 0 Å². The zero-order valence-corrected chi connectivity index (χ0v) is 13.8. The number of piperidine rings is 1. The van der Waals surface area contributed by atoms with Gasteiger partial charge in [-0.1, -0.05) is 6.07 Å². The number of hydrogen-bond donors (Lipinski definition) is 2. The maximum Gasteiger partial charge on any atom is 0.240 e. The zero-order chi connectivity index (χ0) is 16.2. The predicted octanol–water partition coefficient (Wildman–Crippen LogP) is 1.43. The molecule has 0 spiro atoms. The van der Waals surface area contributed by atoms with Crippen molar-refractivity contribution in [2.75, 3.05) is 33.4 Å². The predicted molar refractivity (Wildman–Crippen MR) is 82.7 cm³/mol. The summed E-state index contributed by atoms with van der Waals surface area (Å²) in [5.41, 5.74) is 0.212. The minimum absolute atomic E-state index is 0.0444. The van der Waals surface area contributed by atoms with E-state index in [4.69, 9.17) is 4.74 Å². The molecule has 1 aliphatic rings. The number of nitrogens with one attached hydrogen (secondary N) is 2. The normalized spacial score (nSPS) is 18.3. The Morgan fingerprint density at radius 1 is 1.36 bits per heavy atom. The topological polar surface area (TPSA) is 67.4 Å². The highest BCUT2D eigenvalue weighted by molar-refractivity contribution is 7.89. The van der Waals surface area contributed by atoms with Crippen molar-refractivity contribution in [1.82, 2.24) is 10.0 Å². The molecule has 1 aromatic carbocycles. The molecule has 1 aliphatic heterocycles. The number of sulfonamides is 1. The zero-order valence-electron chi connectivity index (χ0n) is 13.0. The number of rotatable bonds is 6. The molecule has 0 amide bonds. The monoisotopic (exact) mass is 330 g/mol. The van der Waals surface area contributed by atoms with E-state index in [2.05, 4.69) is 10.0 Å². The summed E-state index contributed by atoms with van der Waals surface area (Å²) in [6.45, 7) is 4.07. The molecule has 2 N–H and O–H groups in total. The summed E-state index contributed by atoms with van der Waals surface area (Å²) in [6.07, 6.45) is 1.68. The summed E-state index contributed by atoms with van der Waals surface area (Å²) in [5, 5.41) is 3.26. The van der Waals surface area contributed by atoms with Gasteiger partial charge in [-0.25, -0.2) is 17.5 Å². The van der Waals surface area contributed by atoms with Crippen LogP contribution in [0.5, 0.6) is 0 Å². The molecule has 1 aromatic rings. The molecule has 0 radical (unpaired) electrons. The standard InChI is InChI=1S/C15H23FN2O3S/c1-12-3-4-13(9-14(12)16)22(19,20)18-10-15(11-21-2)5-7-17-8-6-15/h3-4,9,17-18H,5-8,10-11H2,1-2H3. The molecule has 0 saturated carbocycles. The highest BCUT2D eigenvalue weighted by Gasteiger charge is 2.33. The van der Waals surface area contributed by atoms with Crippen LogP contribution in [0.15, 0.2) is 23.1 Å². The summed E-state index contributed by atoms with van der Waals surface area (Å²) in [4.78, 5) is -0.0444. The van der Waals surface area contributed by atoms with Gasteiger partial charge in [-0.2, -0.15) is 0 Å². The van der Waals surface area contributed by atoms with Crippen LogP contribution in [0.3, 0.4) is 0 Å². The molecule has 0 aromatic heterocycles. The molecule has 5 nitrogen and oxygen atoms in total. The Labute approximate surface area is 131 Å². The second kappa shape index (κ2) is 7.04. The van der Waals surface area contributed by atoms with Gasteiger partial charge >= 0.3 is 0 Å². The Hall–Kier alpha value is -1.02. The van der Waals surface area contributed by atoms with Crippen molar-refractivity contribution in [3.63, 3.8) is 0 Å². The number of halogens is 1. The fourth-order valence-electron chi connectivity index (χ4n) is 2.71. The van der Waals surface area contributed by atoms with E-state index in [1.165, 1.54) is 12.1 Å². The fourth-order valence-corrected chi connectivity index (χ4v) is 3.88. The van der Waals surface area contributed by atoms with Crippen molar-refractivity contribution in [2.45, 2.75) is 24.7 Å². The van der Waals surface area contributed by atoms with Crippen molar-refractivity contribution < 1.29 is 17.5 Å². The van der Waals surface area contributed by atoms with Crippen molar-refractivity contribution in [3.05, 3.63) is 29.6 Å². The van der Waals surface area contributed by atoms with Crippen LogP contribution in [0.2, 0.25) is 0 Å². The van der Waals surface area contributed by atoms with Crippen molar-refractivity contribution in [3.8, 4) is 0 Å². The van der Waals surface area contributed by atoms with Gasteiger partial charge in [-0.05, 0) is 50.6 Å². The van der Waals surface area contributed by atoms with Crippen LogP contribution < -0.4 is 10.0 Å². The third kappa shape index (κ3) is 4.04. The summed E-state index contributed by atoms with van der Waals surface area (Å²) < 4.78 is 46.2. The first kappa shape index (κ1) is 17.3. The van der Waals surface area contributed by atoms with Gasteiger partial charge in [-0.3, -0.25) is 0 Å². The van der Waals surface area contributed by atoms with Crippen LogP contribution in [-0.2, 0) is 14.8 Å². The van der Waals surface area contributed by atoms with E-state index in [0.29, 0.717) is 18.7 Å². The van der Waals surface area contributed by atoms with E-state index >= 15 is 0 Å². The quantitative estimate of drug-likeness (QED) is 0.828. The molecule has 0 unspecified atom stereocenters. The molecule has 124 valence electrons. The number of benzene rings is 1. The minimum atomic E-state index is -3.72. The number of methoxy groups -OCH3 is 1. The number of ether oxygens (including phenoxy) is 1. The first-order chi connectivity index (χ1) is 10.4. The van der Waals surface area contributed by atoms with Crippen molar-refractivity contribution in [1.29, 1.82) is 0 Å². The second-order valence-electron chi connectivity index (χ2n) is 5.92. The largest absolute Gasteiger partial charge is 0.384 e. The summed E-state index contributed by atoms with van der Waals surface area (Å²) in [6, 6.07) is 3.95. The van der Waals surface area contributed by atoms with Gasteiger partial charge in [0.15, 0.2) is 0 Å². The van der Waals surface area contributed by atoms with Gasteiger partial charge in [-0.15, -0.1) is 0 Å². The van der Waals surface area contributed by atoms with Gasteiger partial charge in [0.05, 0.1) is 11.5 Å². The molecule has 1 heterocycles. The van der Waals surface area contributed by atoms with E-state index in [1.807, 2.05) is 0 Å². The molecule has 0 atom stereocenters. The highest BCUT2D eigenvalue weighted by atomic mass is 32.2. The van der Waals surface area contributed by atoms with E-state index in [0.717, 1.165) is 32.0 Å². The number of aryl methyl sites for hydroxylation is 1. The Morgan fingerprint density at radius 3 is 2.64 bits per heavy atom. The Bertz CT molecular complexity index is 608. The average Bonchev–Trinajstić information content (AvgIpc) is 2.49. The average molecular weight is 330 g/mol. The van der Waals surface area contributed by atoms with E-state index < -0.39 is 15.8 Å². The van der Waals surface area contributed by atoms with E-state index in [9.17, 15) is 12.8 Å². The van der Waals surface area contributed by atoms with Crippen molar-refractivity contribution in [2.24, 2.45) is 5.41 Å². The Balaban J connectivity index is 2.12. The smallest absolute Gasteiger partial charge is 0.240 e. The molecular weight excluding hydrogens is 307 g/mol. The molecule has 1 saturated heterocycles. The van der Waals surface area contributed by atoms with E-state index in [-0.39, 0.29) is 10.3 Å². The Morgan fingerprint density at radius 2 is 2.05 bits per heavy atom. The van der Waals surface area contributed by atoms with Crippen LogP contribution in [0, 0.1) is 18.2 Å². The molecule has 7 heteroatoms. The lowest BCUT2D eigenvalue weighted by Crippen LogP contribution is -2.47. The summed E-state index contributed by atoms with van der Waals surface area (Å²) in [7, 11) is -2.10. The maximum absolute atomic E-state index is 13.6. The molecule has 22 heavy (non-hydrogen) atoms. The van der Waals surface area contributed by atoms with Gasteiger partial charge < -0.3 is 10.1 Å². The summed E-state index contributed by atoms with van der Waals surface area (Å²) >= 11 is 0. The molecular formula is C15H23FN2O3S.